The van der Waals surface area contributed by atoms with Gasteiger partial charge in [0.25, 0.3) is 9.84 Å². The van der Waals surface area contributed by atoms with E-state index < -0.39 is 37.6 Å². The van der Waals surface area contributed by atoms with E-state index in [1.807, 2.05) is 0 Å². The zero-order valence-electron chi connectivity index (χ0n) is 13.5. The third-order valence-corrected chi connectivity index (χ3v) is 6.47. The summed E-state index contributed by atoms with van der Waals surface area (Å²) in [6.45, 7) is 0. The van der Waals surface area contributed by atoms with Crippen molar-refractivity contribution in [3.05, 3.63) is 50.9 Å². The summed E-state index contributed by atoms with van der Waals surface area (Å²) in [5.74, 6) is -6.89. The van der Waals surface area contributed by atoms with Gasteiger partial charge in [0.1, 0.15) is 0 Å². The molecule has 2 aromatic rings. The highest BCUT2D eigenvalue weighted by molar-refractivity contribution is 9.11. The minimum Gasteiger partial charge on any atom is -0.217 e. The molecule has 0 bridgehead atoms. The van der Waals surface area contributed by atoms with E-state index >= 15 is 0 Å². The molecule has 1 radical (unpaired) electrons. The molecule has 3 nitrogen and oxygen atoms in total. The lowest BCUT2D eigenvalue weighted by Gasteiger charge is -2.28. The van der Waals surface area contributed by atoms with E-state index in [4.69, 9.17) is 5.26 Å². The van der Waals surface area contributed by atoms with Crippen LogP contribution in [-0.4, -0.2) is 25.8 Å². The summed E-state index contributed by atoms with van der Waals surface area (Å²) < 4.78 is 117. The summed E-state index contributed by atoms with van der Waals surface area (Å²) in [6, 6.07) is 9.39. The molecule has 0 heterocycles. The first-order valence-electron chi connectivity index (χ1n) is 7.07. The van der Waals surface area contributed by atoms with Crippen LogP contribution in [0.4, 0.5) is 30.7 Å². The third-order valence-electron chi connectivity index (χ3n) is 3.62. The highest BCUT2D eigenvalue weighted by atomic mass is 79.9. The molecule has 0 spiro atoms. The molecule has 0 saturated carbocycles. The molecule has 0 amide bonds. The molecule has 155 valence electrons. The molecule has 0 aliphatic heterocycles. The van der Waals surface area contributed by atoms with Crippen molar-refractivity contribution in [1.29, 1.82) is 5.26 Å². The molecule has 2 rings (SSSR count). The second-order valence-corrected chi connectivity index (χ2v) is 9.03. The number of nitrogens with zero attached hydrogens (tertiary/aromatic N) is 1. The molecule has 13 heteroatoms. The van der Waals surface area contributed by atoms with Crippen molar-refractivity contribution in [3.8, 4) is 17.2 Å². The number of sulfone groups is 1. The minimum absolute atomic E-state index is 0.244. The Morgan fingerprint density at radius 2 is 1.55 bits per heavy atom. The number of nitriles is 1. The van der Waals surface area contributed by atoms with Crippen LogP contribution in [-0.2, 0) is 9.84 Å². The van der Waals surface area contributed by atoms with Gasteiger partial charge in [0.2, 0.25) is 0 Å². The topological polar surface area (TPSA) is 57.9 Å². The summed E-state index contributed by atoms with van der Waals surface area (Å²) in [6.07, 6.45) is -6.84. The average Bonchev–Trinajstić information content (AvgIpc) is 2.59. The Hall–Kier alpha value is -1.65. The first-order chi connectivity index (χ1) is 13.1. The fourth-order valence-corrected chi connectivity index (χ4v) is 5.33. The van der Waals surface area contributed by atoms with Gasteiger partial charge in [-0.25, -0.2) is 8.42 Å². The van der Waals surface area contributed by atoms with Crippen molar-refractivity contribution < 1.29 is 39.2 Å². The smallest absolute Gasteiger partial charge is 0.217 e. The van der Waals surface area contributed by atoms with Gasteiger partial charge in [0, 0.05) is 26.1 Å². The van der Waals surface area contributed by atoms with Crippen molar-refractivity contribution in [1.82, 2.24) is 0 Å². The molecular formula is C16H5Br2F7NO2S. The maximum absolute atomic E-state index is 14.1. The summed E-state index contributed by atoms with van der Waals surface area (Å²) in [5, 5.41) is 2.62. The molecule has 0 aromatic heterocycles. The number of hydrogen-bond donors (Lipinski definition) is 0. The van der Waals surface area contributed by atoms with Crippen molar-refractivity contribution in [3.63, 3.8) is 0 Å². The molecule has 2 aromatic carbocycles. The van der Waals surface area contributed by atoms with Crippen molar-refractivity contribution in [2.75, 3.05) is 0 Å². The van der Waals surface area contributed by atoms with E-state index in [0.717, 1.165) is 6.07 Å². The Bertz CT molecular complexity index is 1110. The Morgan fingerprint density at radius 1 is 1.00 bits per heavy atom. The van der Waals surface area contributed by atoms with Gasteiger partial charge in [-0.3, -0.25) is 0 Å². The monoisotopic (exact) mass is 566 g/mol. The van der Waals surface area contributed by atoms with E-state index in [1.54, 1.807) is 6.07 Å². The lowest BCUT2D eigenvalue weighted by Crippen LogP contribution is -2.56. The molecule has 0 saturated heterocycles. The van der Waals surface area contributed by atoms with Gasteiger partial charge >= 0.3 is 17.4 Å². The van der Waals surface area contributed by atoms with Crippen LogP contribution in [0.1, 0.15) is 5.56 Å². The van der Waals surface area contributed by atoms with Gasteiger partial charge in [0.05, 0.1) is 16.5 Å². The fraction of sp³-hybridized carbons (Fsp3) is 0.188. The summed E-state index contributed by atoms with van der Waals surface area (Å²) >= 11 is 5.57. The van der Waals surface area contributed by atoms with Crippen molar-refractivity contribution in [2.24, 2.45) is 0 Å². The third kappa shape index (κ3) is 3.77. The maximum Gasteiger partial charge on any atom is 0.461 e. The molecule has 0 atom stereocenters. The Morgan fingerprint density at radius 3 is 2.07 bits per heavy atom. The highest BCUT2D eigenvalue weighted by Crippen LogP contribution is 2.52. The zero-order chi connectivity index (χ0) is 22.4. The Labute approximate surface area is 176 Å². The van der Waals surface area contributed by atoms with Crippen LogP contribution >= 0.6 is 31.9 Å². The second-order valence-electron chi connectivity index (χ2n) is 5.42. The molecule has 0 N–H and O–H groups in total. The van der Waals surface area contributed by atoms with Gasteiger partial charge in [-0.05, 0) is 28.1 Å². The summed E-state index contributed by atoms with van der Waals surface area (Å²) in [7, 11) is -6.62. The number of benzene rings is 2. The Balaban J connectivity index is 2.94. The highest BCUT2D eigenvalue weighted by Gasteiger charge is 2.78. The second kappa shape index (κ2) is 7.55. The number of halogens is 9. The minimum atomic E-state index is -6.89. The predicted octanol–water partition coefficient (Wildman–Crippen LogP) is 6.11. The van der Waals surface area contributed by atoms with Gasteiger partial charge in [-0.1, -0.05) is 34.1 Å². The number of hydrogen-bond acceptors (Lipinski definition) is 3. The van der Waals surface area contributed by atoms with E-state index in [2.05, 4.69) is 37.9 Å². The van der Waals surface area contributed by atoms with Crippen LogP contribution in [0.5, 0.6) is 0 Å². The van der Waals surface area contributed by atoms with E-state index in [1.165, 1.54) is 18.2 Å². The zero-order valence-corrected chi connectivity index (χ0v) is 17.4. The fourth-order valence-electron chi connectivity index (χ4n) is 2.23. The molecular weight excluding hydrogens is 563 g/mol. The first-order valence-corrected chi connectivity index (χ1v) is 10.1. The normalized spacial score (nSPS) is 13.2. The summed E-state index contributed by atoms with van der Waals surface area (Å²) in [5.41, 5.74) is -1.26. The molecule has 0 aliphatic carbocycles. The SMILES string of the molecule is N#Cc1ccccc1-c1c(Br)[c]c(Br)cc1S(=O)(=O)C(F)(F)C(F)(F)C(F)(F)F. The predicted molar refractivity (Wildman–Crippen MR) is 94.0 cm³/mol. The van der Waals surface area contributed by atoms with Gasteiger partial charge in [-0.15, -0.1) is 0 Å². The number of rotatable bonds is 4. The number of alkyl halides is 7. The van der Waals surface area contributed by atoms with Crippen LogP contribution in [0.2, 0.25) is 0 Å². The first kappa shape index (κ1) is 23.6. The maximum atomic E-state index is 14.1. The van der Waals surface area contributed by atoms with E-state index in [0.29, 0.717) is 6.07 Å². The Kier molecular flexibility index (Phi) is 6.15. The van der Waals surface area contributed by atoms with E-state index in [-0.39, 0.29) is 20.1 Å². The van der Waals surface area contributed by atoms with Gasteiger partial charge in [-0.2, -0.15) is 36.0 Å². The van der Waals surface area contributed by atoms with Crippen LogP contribution in [0.3, 0.4) is 0 Å². The van der Waals surface area contributed by atoms with Crippen molar-refractivity contribution >= 4 is 41.7 Å². The van der Waals surface area contributed by atoms with Crippen LogP contribution in [0.15, 0.2) is 44.2 Å². The summed E-state index contributed by atoms with van der Waals surface area (Å²) in [4.78, 5) is -1.55. The average molecular weight is 568 g/mol. The van der Waals surface area contributed by atoms with Crippen molar-refractivity contribution in [2.45, 2.75) is 22.2 Å². The molecule has 0 fully saturated rings. The largest absolute Gasteiger partial charge is 0.461 e. The standard InChI is InChI=1S/C16H5Br2F7NO2S/c17-9-5-11(18)13(10-4-2-1-3-8(10)7-26)12(6-9)29(27,28)16(24,25)14(19,20)15(21,22)23/h1-4,6H. The molecule has 0 unspecified atom stereocenters. The lowest BCUT2D eigenvalue weighted by molar-refractivity contribution is -0.332. The molecule has 0 aliphatic rings. The van der Waals surface area contributed by atoms with Crippen LogP contribution < -0.4 is 0 Å². The lowest BCUT2D eigenvalue weighted by atomic mass is 10.0. The molecule has 29 heavy (non-hydrogen) atoms. The van der Waals surface area contributed by atoms with Gasteiger partial charge < -0.3 is 0 Å². The van der Waals surface area contributed by atoms with Crippen LogP contribution in [0, 0.1) is 17.4 Å². The van der Waals surface area contributed by atoms with Gasteiger partial charge in [0.15, 0.2) is 0 Å². The quantitative estimate of drug-likeness (QED) is 0.419. The van der Waals surface area contributed by atoms with Crippen LogP contribution in [0.25, 0.3) is 11.1 Å². The van der Waals surface area contributed by atoms with E-state index in [9.17, 15) is 39.2 Å².